The van der Waals surface area contributed by atoms with E-state index in [9.17, 15) is 4.79 Å². The van der Waals surface area contributed by atoms with Gasteiger partial charge in [0.05, 0.1) is 11.5 Å². The van der Waals surface area contributed by atoms with Crippen molar-refractivity contribution in [1.29, 1.82) is 0 Å². The molecule has 0 saturated heterocycles. The first-order valence-electron chi connectivity index (χ1n) is 6.65. The van der Waals surface area contributed by atoms with Gasteiger partial charge < -0.3 is 0 Å². The van der Waals surface area contributed by atoms with Crippen LogP contribution in [0.3, 0.4) is 0 Å². The van der Waals surface area contributed by atoms with Crippen LogP contribution in [0, 0.1) is 6.92 Å². The Kier molecular flexibility index (Phi) is 6.02. The van der Waals surface area contributed by atoms with E-state index in [1.807, 2.05) is 24.4 Å². The van der Waals surface area contributed by atoms with E-state index >= 15 is 0 Å². The molecular formula is C16H18N2OS2. The summed E-state index contributed by atoms with van der Waals surface area (Å²) in [7, 11) is 0. The van der Waals surface area contributed by atoms with Crippen molar-refractivity contribution in [3.05, 3.63) is 57.8 Å². The highest BCUT2D eigenvalue weighted by Crippen LogP contribution is 2.13. The maximum atomic E-state index is 11.7. The van der Waals surface area contributed by atoms with E-state index in [2.05, 4.69) is 41.7 Å². The first kappa shape index (κ1) is 15.8. The molecule has 0 fully saturated rings. The third-order valence-corrected chi connectivity index (χ3v) is 4.83. The third-order valence-electron chi connectivity index (χ3n) is 2.85. The molecule has 0 atom stereocenters. The smallest absolute Gasteiger partial charge is 0.250 e. The highest BCUT2D eigenvalue weighted by atomic mass is 32.2. The molecule has 0 aliphatic carbocycles. The van der Waals surface area contributed by atoms with Crippen LogP contribution in [0.2, 0.25) is 0 Å². The zero-order valence-electron chi connectivity index (χ0n) is 12.1. The van der Waals surface area contributed by atoms with Crippen molar-refractivity contribution in [2.45, 2.75) is 19.6 Å². The lowest BCUT2D eigenvalue weighted by molar-refractivity contribution is -0.118. The molecular weight excluding hydrogens is 300 g/mol. The lowest BCUT2D eigenvalue weighted by Crippen LogP contribution is -2.21. The van der Waals surface area contributed by atoms with Gasteiger partial charge in [0.1, 0.15) is 0 Å². The van der Waals surface area contributed by atoms with Gasteiger partial charge in [-0.05, 0) is 30.9 Å². The van der Waals surface area contributed by atoms with E-state index in [0.717, 1.165) is 16.3 Å². The Morgan fingerprint density at radius 3 is 2.71 bits per heavy atom. The van der Waals surface area contributed by atoms with Gasteiger partial charge >= 0.3 is 0 Å². The number of nitrogens with one attached hydrogen (secondary N) is 1. The van der Waals surface area contributed by atoms with Crippen molar-refractivity contribution >= 4 is 34.7 Å². The summed E-state index contributed by atoms with van der Waals surface area (Å²) in [5.41, 5.74) is 5.92. The third kappa shape index (κ3) is 5.36. The number of rotatable bonds is 6. The van der Waals surface area contributed by atoms with Crippen molar-refractivity contribution < 1.29 is 4.79 Å². The zero-order chi connectivity index (χ0) is 15.1. The zero-order valence-corrected chi connectivity index (χ0v) is 13.8. The topological polar surface area (TPSA) is 41.5 Å². The number of aryl methyl sites for hydroxylation is 1. The minimum atomic E-state index is -0.0667. The first-order chi connectivity index (χ1) is 10.1. The van der Waals surface area contributed by atoms with E-state index in [0.29, 0.717) is 5.75 Å². The molecule has 3 nitrogen and oxygen atoms in total. The Morgan fingerprint density at radius 1 is 1.29 bits per heavy atom. The fraction of sp³-hybridized carbons (Fsp3) is 0.250. The van der Waals surface area contributed by atoms with Gasteiger partial charge in [0.2, 0.25) is 5.91 Å². The highest BCUT2D eigenvalue weighted by molar-refractivity contribution is 7.99. The van der Waals surface area contributed by atoms with Crippen molar-refractivity contribution in [2.24, 2.45) is 5.10 Å². The fourth-order valence-corrected chi connectivity index (χ4v) is 3.12. The molecule has 5 heteroatoms. The maximum absolute atomic E-state index is 11.7. The van der Waals surface area contributed by atoms with Gasteiger partial charge in [-0.1, -0.05) is 35.9 Å². The van der Waals surface area contributed by atoms with Gasteiger partial charge in [0.25, 0.3) is 0 Å². The number of thiophene rings is 1. The second-order valence-corrected chi connectivity index (χ2v) is 6.62. The SMILES string of the molecule is C/C(=N/NC(=O)CSCc1ccc(C)cc1)c1cccs1. The number of benzene rings is 1. The van der Waals surface area contributed by atoms with Gasteiger partial charge in [-0.25, -0.2) is 5.43 Å². The van der Waals surface area contributed by atoms with Crippen molar-refractivity contribution in [2.75, 3.05) is 5.75 Å². The predicted molar refractivity (Wildman–Crippen MR) is 92.0 cm³/mol. The lowest BCUT2D eigenvalue weighted by Gasteiger charge is -2.03. The molecule has 0 bridgehead atoms. The molecule has 2 aromatic rings. The van der Waals surface area contributed by atoms with Crippen molar-refractivity contribution in [3.8, 4) is 0 Å². The Hall–Kier alpha value is -1.59. The summed E-state index contributed by atoms with van der Waals surface area (Å²) in [5.74, 6) is 1.18. The highest BCUT2D eigenvalue weighted by Gasteiger charge is 2.03. The van der Waals surface area contributed by atoms with Crippen LogP contribution in [0.4, 0.5) is 0 Å². The van der Waals surface area contributed by atoms with E-state index < -0.39 is 0 Å². The summed E-state index contributed by atoms with van der Waals surface area (Å²) in [6.07, 6.45) is 0. The van der Waals surface area contributed by atoms with Crippen LogP contribution in [-0.2, 0) is 10.5 Å². The second kappa shape index (κ2) is 8.00. The molecule has 0 radical (unpaired) electrons. The minimum Gasteiger partial charge on any atom is -0.272 e. The van der Waals surface area contributed by atoms with E-state index in [1.54, 1.807) is 23.1 Å². The van der Waals surface area contributed by atoms with Crippen molar-refractivity contribution in [3.63, 3.8) is 0 Å². The molecule has 1 aromatic carbocycles. The summed E-state index contributed by atoms with van der Waals surface area (Å²) >= 11 is 3.20. The second-order valence-electron chi connectivity index (χ2n) is 4.69. The molecule has 1 amide bonds. The summed E-state index contributed by atoms with van der Waals surface area (Å²) in [6, 6.07) is 12.3. The molecule has 0 spiro atoms. The average Bonchev–Trinajstić information content (AvgIpc) is 3.01. The van der Waals surface area contributed by atoms with E-state index in [-0.39, 0.29) is 5.91 Å². The minimum absolute atomic E-state index is 0.0667. The van der Waals surface area contributed by atoms with Gasteiger partial charge in [-0.3, -0.25) is 4.79 Å². The normalized spacial score (nSPS) is 11.4. The number of nitrogens with zero attached hydrogens (tertiary/aromatic N) is 1. The average molecular weight is 318 g/mol. The fourth-order valence-electron chi connectivity index (χ4n) is 1.66. The Morgan fingerprint density at radius 2 is 2.05 bits per heavy atom. The van der Waals surface area contributed by atoms with Gasteiger partial charge in [0.15, 0.2) is 0 Å². The number of hydrazone groups is 1. The number of carbonyl (C=O) groups is 1. The van der Waals surface area contributed by atoms with Gasteiger partial charge in [0, 0.05) is 10.6 Å². The molecule has 1 aromatic heterocycles. The molecule has 2 rings (SSSR count). The van der Waals surface area contributed by atoms with Crippen molar-refractivity contribution in [1.82, 2.24) is 5.43 Å². The quantitative estimate of drug-likeness (QED) is 0.649. The Balaban J connectivity index is 1.72. The molecule has 0 aliphatic rings. The Bertz CT molecular complexity index is 604. The van der Waals surface area contributed by atoms with Crippen LogP contribution >= 0.6 is 23.1 Å². The van der Waals surface area contributed by atoms with Crippen LogP contribution in [0.15, 0.2) is 46.9 Å². The van der Waals surface area contributed by atoms with Crippen LogP contribution in [0.1, 0.15) is 22.9 Å². The molecule has 0 unspecified atom stereocenters. The number of hydrogen-bond acceptors (Lipinski definition) is 4. The summed E-state index contributed by atoms with van der Waals surface area (Å²) in [4.78, 5) is 12.8. The molecule has 21 heavy (non-hydrogen) atoms. The number of thioether (sulfide) groups is 1. The predicted octanol–water partition coefficient (Wildman–Crippen LogP) is 3.83. The van der Waals surface area contributed by atoms with Crippen LogP contribution in [0.5, 0.6) is 0 Å². The number of hydrogen-bond donors (Lipinski definition) is 1. The standard InChI is InChI=1S/C16H18N2OS2/c1-12-5-7-14(8-6-12)10-20-11-16(19)18-17-13(2)15-4-3-9-21-15/h3-9H,10-11H2,1-2H3,(H,18,19)/b17-13-. The lowest BCUT2D eigenvalue weighted by atomic mass is 10.2. The molecule has 1 N–H and O–H groups in total. The van der Waals surface area contributed by atoms with E-state index in [4.69, 9.17) is 0 Å². The monoisotopic (exact) mass is 318 g/mol. The van der Waals surface area contributed by atoms with Gasteiger partial charge in [-0.15, -0.1) is 23.1 Å². The van der Waals surface area contributed by atoms with Gasteiger partial charge in [-0.2, -0.15) is 5.10 Å². The molecule has 110 valence electrons. The molecule has 0 saturated carbocycles. The first-order valence-corrected chi connectivity index (χ1v) is 8.69. The van der Waals surface area contributed by atoms with Crippen LogP contribution < -0.4 is 5.43 Å². The van der Waals surface area contributed by atoms with E-state index in [1.165, 1.54) is 11.1 Å². The van der Waals surface area contributed by atoms with Crippen LogP contribution in [-0.4, -0.2) is 17.4 Å². The number of amides is 1. The summed E-state index contributed by atoms with van der Waals surface area (Å²) in [5, 5.41) is 6.11. The molecule has 0 aliphatic heterocycles. The maximum Gasteiger partial charge on any atom is 0.250 e. The Labute approximate surface area is 133 Å². The largest absolute Gasteiger partial charge is 0.272 e. The van der Waals surface area contributed by atoms with Crippen LogP contribution in [0.25, 0.3) is 0 Å². The number of carbonyl (C=O) groups excluding carboxylic acids is 1. The summed E-state index contributed by atoms with van der Waals surface area (Å²) < 4.78 is 0. The molecule has 1 heterocycles. The summed E-state index contributed by atoms with van der Waals surface area (Å²) in [6.45, 7) is 3.96.